The Morgan fingerprint density at radius 3 is 2.95 bits per heavy atom. The molecule has 3 aromatic rings. The van der Waals surface area contributed by atoms with Crippen LogP contribution >= 0.6 is 38.9 Å². The highest BCUT2D eigenvalue weighted by molar-refractivity contribution is 9.10. The number of benzene rings is 1. The van der Waals surface area contributed by atoms with Gasteiger partial charge in [-0.15, -0.1) is 22.9 Å². The summed E-state index contributed by atoms with van der Waals surface area (Å²) in [5.74, 6) is 0.727. The highest BCUT2D eigenvalue weighted by atomic mass is 79.9. The van der Waals surface area contributed by atoms with Gasteiger partial charge in [0.2, 0.25) is 0 Å². The molecule has 1 aromatic carbocycles. The SMILES string of the molecule is Fc1cc2nc(CCl)n(CCc3nccs3)c2cc1Br. The molecule has 0 bridgehead atoms. The second kappa shape index (κ2) is 5.79. The van der Waals surface area contributed by atoms with Gasteiger partial charge in [0.15, 0.2) is 0 Å². The van der Waals surface area contributed by atoms with Crippen molar-refractivity contribution in [1.82, 2.24) is 14.5 Å². The maximum Gasteiger partial charge on any atom is 0.139 e. The fraction of sp³-hybridized carbons (Fsp3) is 0.231. The van der Waals surface area contributed by atoms with Crippen LogP contribution in [0.4, 0.5) is 4.39 Å². The number of imidazole rings is 1. The summed E-state index contributed by atoms with van der Waals surface area (Å²) in [4.78, 5) is 8.65. The van der Waals surface area contributed by atoms with E-state index in [0.717, 1.165) is 29.3 Å². The fourth-order valence-corrected chi connectivity index (χ4v) is 3.25. The van der Waals surface area contributed by atoms with Gasteiger partial charge >= 0.3 is 0 Å². The molecule has 2 heterocycles. The summed E-state index contributed by atoms with van der Waals surface area (Å²) in [6, 6.07) is 3.17. The van der Waals surface area contributed by atoms with Crippen molar-refractivity contribution in [2.75, 3.05) is 0 Å². The van der Waals surface area contributed by atoms with Crippen molar-refractivity contribution >= 4 is 49.9 Å². The number of fused-ring (bicyclic) bond motifs is 1. The lowest BCUT2D eigenvalue weighted by Gasteiger charge is -2.06. The average Bonchev–Trinajstić information content (AvgIpc) is 3.05. The number of aromatic nitrogens is 3. The molecule has 0 aliphatic heterocycles. The number of hydrogen-bond donors (Lipinski definition) is 0. The molecule has 104 valence electrons. The predicted molar refractivity (Wildman–Crippen MR) is 82.8 cm³/mol. The normalized spacial score (nSPS) is 11.3. The molecule has 0 saturated carbocycles. The molecule has 7 heteroatoms. The summed E-state index contributed by atoms with van der Waals surface area (Å²) in [6.45, 7) is 0.726. The summed E-state index contributed by atoms with van der Waals surface area (Å²) >= 11 is 10.8. The largest absolute Gasteiger partial charge is 0.327 e. The minimum absolute atomic E-state index is 0.297. The molecule has 0 aliphatic rings. The van der Waals surface area contributed by atoms with E-state index in [1.54, 1.807) is 23.6 Å². The first kappa shape index (κ1) is 14.0. The van der Waals surface area contributed by atoms with E-state index < -0.39 is 0 Å². The van der Waals surface area contributed by atoms with Gasteiger partial charge < -0.3 is 4.57 Å². The maximum atomic E-state index is 13.6. The Balaban J connectivity index is 2.01. The quantitative estimate of drug-likeness (QED) is 0.635. The molecule has 0 spiro atoms. The maximum absolute atomic E-state index is 13.6. The van der Waals surface area contributed by atoms with E-state index in [2.05, 4.69) is 25.9 Å². The summed E-state index contributed by atoms with van der Waals surface area (Å²) in [7, 11) is 0. The van der Waals surface area contributed by atoms with Crippen LogP contribution in [0, 0.1) is 5.82 Å². The van der Waals surface area contributed by atoms with Crippen LogP contribution in [0.1, 0.15) is 10.8 Å². The van der Waals surface area contributed by atoms with Gasteiger partial charge in [0.05, 0.1) is 26.4 Å². The minimum Gasteiger partial charge on any atom is -0.327 e. The highest BCUT2D eigenvalue weighted by Gasteiger charge is 2.13. The number of nitrogens with zero attached hydrogens (tertiary/aromatic N) is 3. The lowest BCUT2D eigenvalue weighted by atomic mass is 10.3. The third-order valence-corrected chi connectivity index (χ3v) is 4.71. The van der Waals surface area contributed by atoms with E-state index in [0.29, 0.717) is 15.9 Å². The summed E-state index contributed by atoms with van der Waals surface area (Å²) in [6.07, 6.45) is 2.60. The Bertz CT molecular complexity index is 742. The number of rotatable bonds is 4. The topological polar surface area (TPSA) is 30.7 Å². The molecule has 0 aliphatic carbocycles. The smallest absolute Gasteiger partial charge is 0.139 e. The first-order valence-corrected chi connectivity index (χ1v) is 8.18. The van der Waals surface area contributed by atoms with Crippen LogP contribution in [-0.2, 0) is 18.8 Å². The van der Waals surface area contributed by atoms with Crippen LogP contribution in [-0.4, -0.2) is 14.5 Å². The second-order valence-corrected chi connectivity index (χ2v) is 6.34. The monoisotopic (exact) mass is 373 g/mol. The molecule has 0 atom stereocenters. The van der Waals surface area contributed by atoms with Crippen LogP contribution in [0.2, 0.25) is 0 Å². The molecule has 3 rings (SSSR count). The second-order valence-electron chi connectivity index (χ2n) is 4.24. The van der Waals surface area contributed by atoms with Crippen molar-refractivity contribution in [2.24, 2.45) is 0 Å². The predicted octanol–water partition coefficient (Wildman–Crippen LogP) is 4.38. The zero-order valence-electron chi connectivity index (χ0n) is 10.3. The Morgan fingerprint density at radius 1 is 1.40 bits per heavy atom. The van der Waals surface area contributed by atoms with Crippen LogP contribution < -0.4 is 0 Å². The van der Waals surface area contributed by atoms with Crippen molar-refractivity contribution in [3.63, 3.8) is 0 Å². The number of halogens is 3. The molecule has 0 fully saturated rings. The lowest BCUT2D eigenvalue weighted by Crippen LogP contribution is -2.05. The number of aryl methyl sites for hydroxylation is 2. The van der Waals surface area contributed by atoms with Crippen molar-refractivity contribution in [3.05, 3.63) is 44.8 Å². The fourth-order valence-electron chi connectivity index (χ4n) is 2.11. The zero-order chi connectivity index (χ0) is 14.1. The van der Waals surface area contributed by atoms with E-state index in [9.17, 15) is 4.39 Å². The van der Waals surface area contributed by atoms with Crippen LogP contribution in [0.25, 0.3) is 11.0 Å². The average molecular weight is 375 g/mol. The van der Waals surface area contributed by atoms with Gasteiger partial charge in [-0.25, -0.2) is 14.4 Å². The van der Waals surface area contributed by atoms with Gasteiger partial charge in [-0.2, -0.15) is 0 Å². The van der Waals surface area contributed by atoms with Crippen molar-refractivity contribution in [3.8, 4) is 0 Å². The zero-order valence-corrected chi connectivity index (χ0v) is 13.5. The first-order valence-electron chi connectivity index (χ1n) is 5.97. The Labute approximate surface area is 132 Å². The van der Waals surface area contributed by atoms with Crippen LogP contribution in [0.3, 0.4) is 0 Å². The summed E-state index contributed by atoms with van der Waals surface area (Å²) < 4.78 is 16.0. The van der Waals surface area contributed by atoms with Gasteiger partial charge in [-0.05, 0) is 22.0 Å². The van der Waals surface area contributed by atoms with Gasteiger partial charge in [0, 0.05) is 30.6 Å². The van der Waals surface area contributed by atoms with Crippen molar-refractivity contribution in [1.29, 1.82) is 0 Å². The number of alkyl halides is 1. The Kier molecular flexibility index (Phi) is 4.05. The minimum atomic E-state index is -0.316. The van der Waals surface area contributed by atoms with Gasteiger partial charge in [0.25, 0.3) is 0 Å². The molecule has 0 radical (unpaired) electrons. The molecule has 20 heavy (non-hydrogen) atoms. The molecule has 0 N–H and O–H groups in total. The van der Waals surface area contributed by atoms with Crippen LogP contribution in [0.15, 0.2) is 28.2 Å². The molecule has 3 nitrogen and oxygen atoms in total. The standard InChI is InChI=1S/C13H10BrClFN3S/c14-8-5-11-10(6-9(8)16)18-12(7-15)19(11)3-1-13-17-2-4-20-13/h2,4-6H,1,3,7H2. The Hall–Kier alpha value is -0.980. The van der Waals surface area contributed by atoms with Gasteiger partial charge in [0.1, 0.15) is 11.6 Å². The molecule has 0 amide bonds. The van der Waals surface area contributed by atoms with Crippen molar-refractivity contribution in [2.45, 2.75) is 18.8 Å². The van der Waals surface area contributed by atoms with Crippen molar-refractivity contribution < 1.29 is 4.39 Å². The number of thiazole rings is 1. The molecular formula is C13H10BrClFN3S. The summed E-state index contributed by atoms with van der Waals surface area (Å²) in [5.41, 5.74) is 1.51. The molecule has 0 saturated heterocycles. The Morgan fingerprint density at radius 2 is 2.25 bits per heavy atom. The highest BCUT2D eigenvalue weighted by Crippen LogP contribution is 2.25. The van der Waals surface area contributed by atoms with E-state index in [-0.39, 0.29) is 5.82 Å². The lowest BCUT2D eigenvalue weighted by molar-refractivity contribution is 0.622. The first-order chi connectivity index (χ1) is 9.69. The molecular weight excluding hydrogens is 365 g/mol. The molecule has 0 unspecified atom stereocenters. The van der Waals surface area contributed by atoms with E-state index in [4.69, 9.17) is 11.6 Å². The van der Waals surface area contributed by atoms with E-state index in [1.165, 1.54) is 6.07 Å². The number of hydrogen-bond acceptors (Lipinski definition) is 3. The third kappa shape index (κ3) is 2.60. The van der Waals surface area contributed by atoms with Gasteiger partial charge in [-0.1, -0.05) is 0 Å². The van der Waals surface area contributed by atoms with E-state index >= 15 is 0 Å². The van der Waals surface area contributed by atoms with E-state index in [1.807, 2.05) is 9.95 Å². The molecule has 2 aromatic heterocycles. The van der Waals surface area contributed by atoms with Gasteiger partial charge in [-0.3, -0.25) is 0 Å². The third-order valence-electron chi connectivity index (χ3n) is 3.02. The van der Waals surface area contributed by atoms with Crippen LogP contribution in [0.5, 0.6) is 0 Å². The summed E-state index contributed by atoms with van der Waals surface area (Å²) in [5, 5.41) is 3.02.